The van der Waals surface area contributed by atoms with E-state index in [1.807, 2.05) is 24.3 Å². The van der Waals surface area contributed by atoms with Crippen LogP contribution >= 0.6 is 11.6 Å². The molecule has 1 aromatic heterocycles. The van der Waals surface area contributed by atoms with Gasteiger partial charge in [-0.2, -0.15) is 0 Å². The number of aromatic nitrogens is 2. The van der Waals surface area contributed by atoms with Crippen molar-refractivity contribution in [1.29, 1.82) is 0 Å². The molecule has 1 atom stereocenters. The van der Waals surface area contributed by atoms with E-state index in [-0.39, 0.29) is 6.04 Å². The second-order valence-electron chi connectivity index (χ2n) is 7.47. The molecule has 1 aliphatic rings. The molecular weight excluding hydrogens is 380 g/mol. The number of imidazole rings is 1. The zero-order valence-electron chi connectivity index (χ0n) is 16.1. The van der Waals surface area contributed by atoms with Crippen LogP contribution in [0.25, 0.3) is 11.0 Å². The van der Waals surface area contributed by atoms with Crippen molar-refractivity contribution in [2.45, 2.75) is 6.04 Å². The number of anilines is 1. The lowest BCUT2D eigenvalue weighted by atomic mass is 9.96. The summed E-state index contributed by atoms with van der Waals surface area (Å²) >= 11 is 6.14. The molecule has 0 radical (unpaired) electrons. The van der Waals surface area contributed by atoms with Crippen LogP contribution in [0.2, 0.25) is 5.02 Å². The number of hydrogen-bond donors (Lipinski definition) is 1. The molecule has 0 saturated carbocycles. The molecule has 0 bridgehead atoms. The summed E-state index contributed by atoms with van der Waals surface area (Å²) in [7, 11) is 0. The van der Waals surface area contributed by atoms with E-state index in [1.54, 1.807) is 0 Å². The van der Waals surface area contributed by atoms with Gasteiger partial charge in [0.1, 0.15) is 0 Å². The Labute approximate surface area is 175 Å². The maximum absolute atomic E-state index is 6.14. The van der Waals surface area contributed by atoms with Crippen molar-refractivity contribution in [2.75, 3.05) is 31.1 Å². The molecule has 1 N–H and O–H groups in total. The number of benzene rings is 3. The second-order valence-corrected chi connectivity index (χ2v) is 7.90. The maximum Gasteiger partial charge on any atom is 0.203 e. The number of rotatable bonds is 4. The highest BCUT2D eigenvalue weighted by molar-refractivity contribution is 6.30. The predicted molar refractivity (Wildman–Crippen MR) is 120 cm³/mol. The van der Waals surface area contributed by atoms with E-state index >= 15 is 0 Å². The molecule has 2 heterocycles. The third-order valence-electron chi connectivity index (χ3n) is 5.66. The number of piperazine rings is 1. The van der Waals surface area contributed by atoms with Crippen molar-refractivity contribution in [3.63, 3.8) is 0 Å². The highest BCUT2D eigenvalue weighted by atomic mass is 35.5. The van der Waals surface area contributed by atoms with Crippen molar-refractivity contribution in [3.05, 3.63) is 95.0 Å². The van der Waals surface area contributed by atoms with Crippen molar-refractivity contribution >= 4 is 28.6 Å². The number of hydrogen-bond acceptors (Lipinski definition) is 3. The Kier molecular flexibility index (Phi) is 4.96. The van der Waals surface area contributed by atoms with Crippen LogP contribution in [0.5, 0.6) is 0 Å². The minimum atomic E-state index is 0.228. The molecule has 0 spiro atoms. The maximum atomic E-state index is 6.14. The van der Waals surface area contributed by atoms with Crippen LogP contribution in [-0.2, 0) is 0 Å². The fourth-order valence-electron chi connectivity index (χ4n) is 4.18. The molecule has 29 heavy (non-hydrogen) atoms. The lowest BCUT2D eigenvalue weighted by Gasteiger charge is -2.39. The van der Waals surface area contributed by atoms with Gasteiger partial charge in [0, 0.05) is 31.2 Å². The van der Waals surface area contributed by atoms with Gasteiger partial charge in [-0.15, -0.1) is 0 Å². The topological polar surface area (TPSA) is 35.2 Å². The zero-order valence-corrected chi connectivity index (χ0v) is 16.9. The van der Waals surface area contributed by atoms with Gasteiger partial charge in [0.05, 0.1) is 17.1 Å². The molecular formula is C24H23ClN4. The van der Waals surface area contributed by atoms with Gasteiger partial charge in [0.15, 0.2) is 0 Å². The van der Waals surface area contributed by atoms with E-state index < -0.39 is 0 Å². The minimum Gasteiger partial charge on any atom is -0.340 e. The molecule has 1 aliphatic heterocycles. The fourth-order valence-corrected chi connectivity index (χ4v) is 4.30. The standard InChI is InChI=1S/C24H23ClN4/c25-20-12-10-19(11-13-20)23(18-6-2-1-3-7-18)28-14-16-29(17-15-28)24-26-21-8-4-5-9-22(21)27-24/h1-13,23H,14-17H2,(H,26,27). The Morgan fingerprint density at radius 3 is 2.14 bits per heavy atom. The highest BCUT2D eigenvalue weighted by Crippen LogP contribution is 2.31. The molecule has 3 aromatic carbocycles. The summed E-state index contributed by atoms with van der Waals surface area (Å²) in [6.45, 7) is 3.83. The summed E-state index contributed by atoms with van der Waals surface area (Å²) in [6.07, 6.45) is 0. The molecule has 146 valence electrons. The molecule has 0 amide bonds. The highest BCUT2D eigenvalue weighted by Gasteiger charge is 2.27. The first-order valence-corrected chi connectivity index (χ1v) is 10.4. The van der Waals surface area contributed by atoms with Crippen LogP contribution in [0, 0.1) is 0 Å². The SMILES string of the molecule is Clc1ccc(C(c2ccccc2)N2CCN(c3nc4ccccc4[nH]3)CC2)cc1. The van der Waals surface area contributed by atoms with Gasteiger partial charge in [-0.05, 0) is 35.4 Å². The van der Waals surface area contributed by atoms with Gasteiger partial charge in [-0.25, -0.2) is 4.98 Å². The molecule has 1 saturated heterocycles. The predicted octanol–water partition coefficient (Wildman–Crippen LogP) is 5.13. The van der Waals surface area contributed by atoms with Crippen molar-refractivity contribution in [3.8, 4) is 0 Å². The first-order valence-electron chi connectivity index (χ1n) is 10.0. The van der Waals surface area contributed by atoms with Gasteiger partial charge in [0.25, 0.3) is 0 Å². The Morgan fingerprint density at radius 1 is 0.759 bits per heavy atom. The monoisotopic (exact) mass is 402 g/mol. The van der Waals surface area contributed by atoms with Crippen LogP contribution in [0.3, 0.4) is 0 Å². The number of aromatic amines is 1. The summed E-state index contributed by atoms with van der Waals surface area (Å²) < 4.78 is 0. The van der Waals surface area contributed by atoms with Gasteiger partial charge in [-0.1, -0.05) is 66.2 Å². The molecule has 5 heteroatoms. The minimum absolute atomic E-state index is 0.228. The number of nitrogens with zero attached hydrogens (tertiary/aromatic N) is 3. The number of halogens is 1. The third-order valence-corrected chi connectivity index (χ3v) is 5.91. The van der Waals surface area contributed by atoms with Crippen molar-refractivity contribution in [1.82, 2.24) is 14.9 Å². The number of nitrogens with one attached hydrogen (secondary N) is 1. The Hall–Kier alpha value is -2.82. The van der Waals surface area contributed by atoms with Gasteiger partial charge in [-0.3, -0.25) is 4.90 Å². The average molecular weight is 403 g/mol. The smallest absolute Gasteiger partial charge is 0.203 e. The summed E-state index contributed by atoms with van der Waals surface area (Å²) in [5.41, 5.74) is 4.70. The van der Waals surface area contributed by atoms with Crippen LogP contribution in [0.1, 0.15) is 17.2 Å². The first kappa shape index (κ1) is 18.2. The van der Waals surface area contributed by atoms with Crippen molar-refractivity contribution in [2.24, 2.45) is 0 Å². The number of para-hydroxylation sites is 2. The van der Waals surface area contributed by atoms with Gasteiger partial charge >= 0.3 is 0 Å². The van der Waals surface area contributed by atoms with E-state index in [0.29, 0.717) is 0 Å². The van der Waals surface area contributed by atoms with E-state index in [2.05, 4.69) is 69.4 Å². The molecule has 0 aliphatic carbocycles. The number of fused-ring (bicyclic) bond motifs is 1. The fraction of sp³-hybridized carbons (Fsp3) is 0.208. The normalized spacial score (nSPS) is 16.2. The molecule has 1 unspecified atom stereocenters. The van der Waals surface area contributed by atoms with Gasteiger partial charge < -0.3 is 9.88 Å². The average Bonchev–Trinajstić information content (AvgIpc) is 3.21. The Bertz CT molecular complexity index is 1050. The quantitative estimate of drug-likeness (QED) is 0.514. The summed E-state index contributed by atoms with van der Waals surface area (Å²) in [5.74, 6) is 0.966. The second kappa shape index (κ2) is 7.90. The van der Waals surface area contributed by atoms with E-state index in [0.717, 1.165) is 48.2 Å². The van der Waals surface area contributed by atoms with E-state index in [9.17, 15) is 0 Å². The lowest BCUT2D eigenvalue weighted by molar-refractivity contribution is 0.211. The van der Waals surface area contributed by atoms with Crippen LogP contribution in [0.15, 0.2) is 78.9 Å². The molecule has 5 rings (SSSR count). The zero-order chi connectivity index (χ0) is 19.6. The van der Waals surface area contributed by atoms with Crippen molar-refractivity contribution < 1.29 is 0 Å². The molecule has 4 aromatic rings. The largest absolute Gasteiger partial charge is 0.340 e. The lowest BCUT2D eigenvalue weighted by Crippen LogP contribution is -2.48. The first-order chi connectivity index (χ1) is 14.3. The number of H-pyrrole nitrogens is 1. The summed E-state index contributed by atoms with van der Waals surface area (Å²) in [4.78, 5) is 13.1. The van der Waals surface area contributed by atoms with Crippen LogP contribution in [0.4, 0.5) is 5.95 Å². The van der Waals surface area contributed by atoms with Crippen LogP contribution < -0.4 is 4.90 Å². The molecule has 4 nitrogen and oxygen atoms in total. The summed E-state index contributed by atoms with van der Waals surface area (Å²) in [6, 6.07) is 27.4. The summed E-state index contributed by atoms with van der Waals surface area (Å²) in [5, 5.41) is 0.773. The molecule has 1 fully saturated rings. The van der Waals surface area contributed by atoms with E-state index in [1.165, 1.54) is 11.1 Å². The van der Waals surface area contributed by atoms with Gasteiger partial charge in [0.2, 0.25) is 5.95 Å². The third kappa shape index (κ3) is 3.74. The Balaban J connectivity index is 1.38. The van der Waals surface area contributed by atoms with E-state index in [4.69, 9.17) is 16.6 Å². The van der Waals surface area contributed by atoms with Crippen LogP contribution in [-0.4, -0.2) is 41.0 Å². The Morgan fingerprint density at radius 2 is 1.41 bits per heavy atom.